The lowest BCUT2D eigenvalue weighted by atomic mass is 10.1. The van der Waals surface area contributed by atoms with Crippen LogP contribution >= 0.6 is 11.8 Å². The maximum Gasteiger partial charge on any atom is 0.336 e. The molecule has 0 aliphatic carbocycles. The van der Waals surface area contributed by atoms with E-state index in [0.717, 1.165) is 30.2 Å². The molecule has 17 heavy (non-hydrogen) atoms. The lowest BCUT2D eigenvalue weighted by molar-refractivity contribution is 0.0694. The van der Waals surface area contributed by atoms with Crippen LogP contribution in [-0.2, 0) is 6.54 Å². The molecule has 2 rings (SSSR count). The van der Waals surface area contributed by atoms with E-state index in [4.69, 9.17) is 5.11 Å². The number of rotatable bonds is 3. The highest BCUT2D eigenvalue weighted by molar-refractivity contribution is 7.99. The molecule has 1 atom stereocenters. The molecule has 4 heteroatoms. The molecular formula is C13H17NO2S. The summed E-state index contributed by atoms with van der Waals surface area (Å²) in [6.45, 7) is 3.99. The Balaban J connectivity index is 2.14. The Bertz CT molecular complexity index is 408. The number of hydrogen-bond acceptors (Lipinski definition) is 3. The van der Waals surface area contributed by atoms with Crippen molar-refractivity contribution in [1.29, 1.82) is 0 Å². The van der Waals surface area contributed by atoms with Gasteiger partial charge < -0.3 is 5.11 Å². The third-order valence-electron chi connectivity index (χ3n) is 3.13. The molecule has 1 aliphatic rings. The predicted molar refractivity (Wildman–Crippen MR) is 70.6 cm³/mol. The highest BCUT2D eigenvalue weighted by Gasteiger charge is 2.20. The molecule has 1 N–H and O–H groups in total. The Hall–Kier alpha value is -1.00. The molecule has 0 spiro atoms. The number of benzene rings is 1. The van der Waals surface area contributed by atoms with Crippen LogP contribution in [0.25, 0.3) is 0 Å². The second-order valence-corrected chi connectivity index (χ2v) is 5.51. The average Bonchev–Trinajstić information content (AvgIpc) is 2.32. The van der Waals surface area contributed by atoms with E-state index >= 15 is 0 Å². The molecule has 1 aromatic rings. The van der Waals surface area contributed by atoms with Crippen LogP contribution in [-0.4, -0.2) is 40.1 Å². The summed E-state index contributed by atoms with van der Waals surface area (Å²) in [6.07, 6.45) is 0. The van der Waals surface area contributed by atoms with Crippen molar-refractivity contribution in [3.05, 3.63) is 35.4 Å². The van der Waals surface area contributed by atoms with Crippen molar-refractivity contribution in [3.8, 4) is 0 Å². The van der Waals surface area contributed by atoms with Crippen molar-refractivity contribution in [2.24, 2.45) is 0 Å². The van der Waals surface area contributed by atoms with E-state index in [9.17, 15) is 4.79 Å². The zero-order valence-corrected chi connectivity index (χ0v) is 10.7. The number of hydrogen-bond donors (Lipinski definition) is 1. The lowest BCUT2D eigenvalue weighted by Gasteiger charge is -2.33. The molecule has 1 aromatic carbocycles. The molecule has 0 aromatic heterocycles. The van der Waals surface area contributed by atoms with Crippen molar-refractivity contribution in [2.45, 2.75) is 19.5 Å². The zero-order valence-electron chi connectivity index (χ0n) is 9.93. The monoisotopic (exact) mass is 251 g/mol. The minimum atomic E-state index is -0.834. The molecule has 0 amide bonds. The van der Waals surface area contributed by atoms with E-state index in [0.29, 0.717) is 11.6 Å². The Kier molecular flexibility index (Phi) is 4.07. The van der Waals surface area contributed by atoms with Crippen LogP contribution in [0.15, 0.2) is 24.3 Å². The second-order valence-electron chi connectivity index (χ2n) is 4.36. The van der Waals surface area contributed by atoms with E-state index < -0.39 is 5.97 Å². The summed E-state index contributed by atoms with van der Waals surface area (Å²) >= 11 is 1.97. The third kappa shape index (κ3) is 3.01. The Morgan fingerprint density at radius 3 is 3.00 bits per heavy atom. The van der Waals surface area contributed by atoms with Gasteiger partial charge in [-0.15, -0.1) is 0 Å². The summed E-state index contributed by atoms with van der Waals surface area (Å²) in [5, 5.41) is 9.14. The first-order valence-corrected chi connectivity index (χ1v) is 6.97. The summed E-state index contributed by atoms with van der Waals surface area (Å²) in [4.78, 5) is 13.5. The van der Waals surface area contributed by atoms with Crippen LogP contribution in [0.1, 0.15) is 22.8 Å². The lowest BCUT2D eigenvalue weighted by Crippen LogP contribution is -2.39. The minimum absolute atomic E-state index is 0.429. The SMILES string of the molecule is CC1CSCCN1Cc1ccccc1C(=O)O. The van der Waals surface area contributed by atoms with Gasteiger partial charge in [0.2, 0.25) is 0 Å². The maximum atomic E-state index is 11.1. The number of carbonyl (C=O) groups is 1. The molecule has 1 saturated heterocycles. The van der Waals surface area contributed by atoms with Gasteiger partial charge in [-0.1, -0.05) is 18.2 Å². The first-order valence-electron chi connectivity index (χ1n) is 5.81. The largest absolute Gasteiger partial charge is 0.478 e. The molecule has 0 radical (unpaired) electrons. The van der Waals surface area contributed by atoms with Crippen molar-refractivity contribution in [1.82, 2.24) is 4.90 Å². The molecule has 1 fully saturated rings. The topological polar surface area (TPSA) is 40.5 Å². The standard InChI is InChI=1S/C13H17NO2S/c1-10-9-17-7-6-14(10)8-11-4-2-3-5-12(11)13(15)16/h2-5,10H,6-9H2,1H3,(H,15,16). The van der Waals surface area contributed by atoms with Crippen LogP contribution < -0.4 is 0 Å². The Morgan fingerprint density at radius 1 is 1.53 bits per heavy atom. The fourth-order valence-electron chi connectivity index (χ4n) is 2.08. The van der Waals surface area contributed by atoms with Crippen molar-refractivity contribution in [3.63, 3.8) is 0 Å². The number of carboxylic acids is 1. The van der Waals surface area contributed by atoms with E-state index in [1.54, 1.807) is 12.1 Å². The molecule has 1 unspecified atom stereocenters. The van der Waals surface area contributed by atoms with Crippen LogP contribution in [0.3, 0.4) is 0 Å². The van der Waals surface area contributed by atoms with Crippen LogP contribution in [0.4, 0.5) is 0 Å². The van der Waals surface area contributed by atoms with Crippen molar-refractivity contribution in [2.75, 3.05) is 18.1 Å². The fraction of sp³-hybridized carbons (Fsp3) is 0.462. The third-order valence-corrected chi connectivity index (χ3v) is 4.32. The fourth-order valence-corrected chi connectivity index (χ4v) is 3.16. The highest BCUT2D eigenvalue weighted by atomic mass is 32.2. The minimum Gasteiger partial charge on any atom is -0.478 e. The quantitative estimate of drug-likeness (QED) is 0.895. The average molecular weight is 251 g/mol. The van der Waals surface area contributed by atoms with Crippen molar-refractivity contribution >= 4 is 17.7 Å². The Labute approximate surface area is 106 Å². The van der Waals surface area contributed by atoms with Gasteiger partial charge in [0.25, 0.3) is 0 Å². The summed E-state index contributed by atoms with van der Waals surface area (Å²) in [5.41, 5.74) is 1.34. The van der Waals surface area contributed by atoms with Gasteiger partial charge in [-0.05, 0) is 18.6 Å². The maximum absolute atomic E-state index is 11.1. The highest BCUT2D eigenvalue weighted by Crippen LogP contribution is 2.20. The van der Waals surface area contributed by atoms with Gasteiger partial charge in [0.1, 0.15) is 0 Å². The molecule has 1 aliphatic heterocycles. The second kappa shape index (κ2) is 5.56. The van der Waals surface area contributed by atoms with Crippen LogP contribution in [0.2, 0.25) is 0 Å². The molecule has 92 valence electrons. The molecule has 1 heterocycles. The molecule has 3 nitrogen and oxygen atoms in total. The summed E-state index contributed by atoms with van der Waals surface area (Å²) in [6, 6.07) is 7.81. The van der Waals surface area contributed by atoms with Gasteiger partial charge in [0, 0.05) is 30.6 Å². The Morgan fingerprint density at radius 2 is 2.29 bits per heavy atom. The molecule has 0 bridgehead atoms. The van der Waals surface area contributed by atoms with Gasteiger partial charge in [-0.3, -0.25) is 4.90 Å². The summed E-state index contributed by atoms with van der Waals surface area (Å²) < 4.78 is 0. The van der Waals surface area contributed by atoms with Gasteiger partial charge in [-0.25, -0.2) is 4.79 Å². The number of aromatic carboxylic acids is 1. The van der Waals surface area contributed by atoms with E-state index in [1.807, 2.05) is 23.9 Å². The van der Waals surface area contributed by atoms with E-state index in [1.165, 1.54) is 0 Å². The zero-order chi connectivity index (χ0) is 12.3. The molecular weight excluding hydrogens is 234 g/mol. The van der Waals surface area contributed by atoms with Gasteiger partial charge in [-0.2, -0.15) is 11.8 Å². The molecule has 0 saturated carbocycles. The van der Waals surface area contributed by atoms with Gasteiger partial charge >= 0.3 is 5.97 Å². The predicted octanol–water partition coefficient (Wildman–Crippen LogP) is 2.32. The number of nitrogens with zero attached hydrogens (tertiary/aromatic N) is 1. The van der Waals surface area contributed by atoms with Crippen molar-refractivity contribution < 1.29 is 9.90 Å². The van der Waals surface area contributed by atoms with Gasteiger partial charge in [0.15, 0.2) is 0 Å². The van der Waals surface area contributed by atoms with E-state index in [-0.39, 0.29) is 0 Å². The number of thioether (sulfide) groups is 1. The first kappa shape index (κ1) is 12.5. The number of carboxylic acid groups (broad SMARTS) is 1. The van der Waals surface area contributed by atoms with Gasteiger partial charge in [0.05, 0.1) is 5.56 Å². The smallest absolute Gasteiger partial charge is 0.336 e. The van der Waals surface area contributed by atoms with Crippen LogP contribution in [0.5, 0.6) is 0 Å². The van der Waals surface area contributed by atoms with Crippen LogP contribution in [0, 0.1) is 0 Å². The summed E-state index contributed by atoms with van der Waals surface area (Å²) in [5.74, 6) is 1.44. The first-order chi connectivity index (χ1) is 8.18. The normalized spacial score (nSPS) is 21.4. The summed E-state index contributed by atoms with van der Waals surface area (Å²) in [7, 11) is 0. The van der Waals surface area contributed by atoms with E-state index in [2.05, 4.69) is 11.8 Å².